The number of thiazole rings is 1. The molecule has 0 saturated carbocycles. The normalized spacial score (nSPS) is 10.6. The van der Waals surface area contributed by atoms with E-state index < -0.39 is 0 Å². The minimum Gasteiger partial charge on any atom is -0.494 e. The van der Waals surface area contributed by atoms with Crippen molar-refractivity contribution in [1.82, 2.24) is 9.97 Å². The third kappa shape index (κ3) is 2.62. The average Bonchev–Trinajstić information content (AvgIpc) is 2.79. The Bertz CT molecular complexity index is 761. The molecule has 0 aliphatic rings. The molecule has 0 bridgehead atoms. The highest BCUT2D eigenvalue weighted by atomic mass is 32.1. The van der Waals surface area contributed by atoms with Gasteiger partial charge in [0, 0.05) is 18.2 Å². The van der Waals surface area contributed by atoms with Gasteiger partial charge in [-0.15, -0.1) is 0 Å². The molecule has 0 spiro atoms. The van der Waals surface area contributed by atoms with E-state index in [1.54, 1.807) is 6.20 Å². The van der Waals surface area contributed by atoms with Crippen molar-refractivity contribution in [3.63, 3.8) is 0 Å². The predicted molar refractivity (Wildman–Crippen MR) is 79.1 cm³/mol. The summed E-state index contributed by atoms with van der Waals surface area (Å²) in [5, 5.41) is 9.57. The van der Waals surface area contributed by atoms with Crippen molar-refractivity contribution in [1.29, 1.82) is 0 Å². The number of benzene rings is 1. The lowest BCUT2D eigenvalue weighted by Crippen LogP contribution is -1.89. The summed E-state index contributed by atoms with van der Waals surface area (Å²) in [5.41, 5.74) is 3.00. The summed E-state index contributed by atoms with van der Waals surface area (Å²) in [4.78, 5) is 18.2. The second-order valence-corrected chi connectivity index (χ2v) is 5.44. The maximum atomic E-state index is 11.1. The topological polar surface area (TPSA) is 66.0 Å². The Kier molecular flexibility index (Phi) is 3.35. The molecule has 20 heavy (non-hydrogen) atoms. The molecule has 4 nitrogen and oxygen atoms in total. The van der Waals surface area contributed by atoms with Gasteiger partial charge in [-0.25, -0.2) is 0 Å². The zero-order valence-electron chi connectivity index (χ0n) is 10.5. The number of hydrogen-bond acceptors (Lipinski definition) is 4. The smallest absolute Gasteiger partial charge is 0.307 e. The molecule has 0 atom stereocenters. The molecule has 2 N–H and O–H groups in total. The standard InChI is InChI=1S/C15H12N2O2S/c18-14-13(20-15(19)17-14)9-10-4-6-11(7-5-10)12-3-1-2-8-16-12/h1-8,18H,9H2,(H,17,19). The minimum absolute atomic E-state index is 0.0335. The van der Waals surface area contributed by atoms with E-state index >= 15 is 0 Å². The first-order valence-electron chi connectivity index (χ1n) is 6.13. The van der Waals surface area contributed by atoms with Gasteiger partial charge in [-0.2, -0.15) is 0 Å². The Balaban J connectivity index is 1.83. The Morgan fingerprint density at radius 3 is 2.55 bits per heavy atom. The van der Waals surface area contributed by atoms with Crippen LogP contribution in [0.5, 0.6) is 5.88 Å². The van der Waals surface area contributed by atoms with Crippen LogP contribution >= 0.6 is 11.3 Å². The highest BCUT2D eigenvalue weighted by Gasteiger charge is 2.07. The van der Waals surface area contributed by atoms with Gasteiger partial charge in [0.2, 0.25) is 5.88 Å². The van der Waals surface area contributed by atoms with E-state index in [0.29, 0.717) is 11.3 Å². The second kappa shape index (κ2) is 5.30. The summed E-state index contributed by atoms with van der Waals surface area (Å²) >= 11 is 1.04. The fourth-order valence-corrected chi connectivity index (χ4v) is 2.74. The average molecular weight is 284 g/mol. The largest absolute Gasteiger partial charge is 0.494 e. The third-order valence-electron chi connectivity index (χ3n) is 2.98. The SMILES string of the molecule is O=c1[nH]c(O)c(Cc2ccc(-c3ccccn3)cc2)s1. The van der Waals surface area contributed by atoms with Gasteiger partial charge in [0.05, 0.1) is 10.6 Å². The Hall–Kier alpha value is -2.40. The van der Waals surface area contributed by atoms with Crippen LogP contribution in [-0.2, 0) is 6.42 Å². The molecular formula is C15H12N2O2S. The molecule has 0 unspecified atom stereocenters. The molecule has 1 aromatic carbocycles. The first-order chi connectivity index (χ1) is 9.72. The van der Waals surface area contributed by atoms with Crippen molar-refractivity contribution in [2.24, 2.45) is 0 Å². The monoisotopic (exact) mass is 284 g/mol. The zero-order valence-corrected chi connectivity index (χ0v) is 11.4. The molecule has 3 rings (SSSR count). The molecule has 3 aromatic rings. The Labute approximate surface area is 119 Å². The molecule has 0 aliphatic heterocycles. The first kappa shape index (κ1) is 12.6. The van der Waals surface area contributed by atoms with Gasteiger partial charge in [0.25, 0.3) is 0 Å². The van der Waals surface area contributed by atoms with Gasteiger partial charge >= 0.3 is 4.87 Å². The van der Waals surface area contributed by atoms with Crippen molar-refractivity contribution in [2.45, 2.75) is 6.42 Å². The maximum Gasteiger partial charge on any atom is 0.307 e. The summed E-state index contributed by atoms with van der Waals surface area (Å²) < 4.78 is 0. The van der Waals surface area contributed by atoms with Gasteiger partial charge < -0.3 is 5.11 Å². The Morgan fingerprint density at radius 2 is 1.95 bits per heavy atom. The van der Waals surface area contributed by atoms with Crippen LogP contribution < -0.4 is 4.87 Å². The summed E-state index contributed by atoms with van der Waals surface area (Å²) in [6.07, 6.45) is 2.30. The number of aromatic nitrogens is 2. The van der Waals surface area contributed by atoms with E-state index in [2.05, 4.69) is 9.97 Å². The highest BCUT2D eigenvalue weighted by Crippen LogP contribution is 2.22. The van der Waals surface area contributed by atoms with Crippen LogP contribution in [0.4, 0.5) is 0 Å². The van der Waals surface area contributed by atoms with Gasteiger partial charge in [0.1, 0.15) is 0 Å². The number of nitrogens with one attached hydrogen (secondary N) is 1. The number of hydrogen-bond donors (Lipinski definition) is 2. The van der Waals surface area contributed by atoms with Gasteiger partial charge in [0.15, 0.2) is 0 Å². The van der Waals surface area contributed by atoms with Crippen molar-refractivity contribution in [3.05, 3.63) is 68.8 Å². The van der Waals surface area contributed by atoms with Gasteiger partial charge in [-0.05, 0) is 17.7 Å². The van der Waals surface area contributed by atoms with Gasteiger partial charge in [-0.1, -0.05) is 41.7 Å². The molecule has 0 saturated heterocycles. The summed E-state index contributed by atoms with van der Waals surface area (Å²) in [7, 11) is 0. The lowest BCUT2D eigenvalue weighted by molar-refractivity contribution is 0.451. The van der Waals surface area contributed by atoms with E-state index in [9.17, 15) is 9.90 Å². The van der Waals surface area contributed by atoms with E-state index in [0.717, 1.165) is 28.2 Å². The predicted octanol–water partition coefficient (Wildman–Crippen LogP) is 2.79. The maximum absolute atomic E-state index is 11.1. The van der Waals surface area contributed by atoms with E-state index in [1.165, 1.54) is 0 Å². The van der Waals surface area contributed by atoms with Crippen LogP contribution in [0.25, 0.3) is 11.3 Å². The highest BCUT2D eigenvalue weighted by molar-refractivity contribution is 7.09. The molecule has 0 aliphatic carbocycles. The summed E-state index contributed by atoms with van der Waals surface area (Å²) in [6, 6.07) is 13.7. The van der Waals surface area contributed by atoms with Crippen molar-refractivity contribution < 1.29 is 5.11 Å². The van der Waals surface area contributed by atoms with Gasteiger partial charge in [-0.3, -0.25) is 14.8 Å². The van der Waals surface area contributed by atoms with Crippen LogP contribution in [0.3, 0.4) is 0 Å². The number of rotatable bonds is 3. The number of aromatic amines is 1. The van der Waals surface area contributed by atoms with Crippen LogP contribution in [-0.4, -0.2) is 15.1 Å². The number of nitrogens with zero attached hydrogens (tertiary/aromatic N) is 1. The quantitative estimate of drug-likeness (QED) is 0.777. The molecular weight excluding hydrogens is 272 g/mol. The van der Waals surface area contributed by atoms with Crippen LogP contribution in [0.15, 0.2) is 53.5 Å². The van der Waals surface area contributed by atoms with E-state index in [4.69, 9.17) is 0 Å². The summed E-state index contributed by atoms with van der Waals surface area (Å²) in [5.74, 6) is -0.0335. The summed E-state index contributed by atoms with van der Waals surface area (Å²) in [6.45, 7) is 0. The van der Waals surface area contributed by atoms with Crippen molar-refractivity contribution in [3.8, 4) is 17.1 Å². The molecule has 5 heteroatoms. The fraction of sp³-hybridized carbons (Fsp3) is 0.0667. The molecule has 0 radical (unpaired) electrons. The van der Waals surface area contributed by atoms with Crippen molar-refractivity contribution >= 4 is 11.3 Å². The van der Waals surface area contributed by atoms with Crippen LogP contribution in [0.2, 0.25) is 0 Å². The number of pyridine rings is 1. The third-order valence-corrected chi connectivity index (χ3v) is 3.85. The van der Waals surface area contributed by atoms with E-state index in [1.807, 2.05) is 42.5 Å². The molecule has 0 fully saturated rings. The first-order valence-corrected chi connectivity index (χ1v) is 6.95. The fourth-order valence-electron chi connectivity index (χ4n) is 1.98. The number of aromatic hydroxyl groups is 1. The molecule has 100 valence electrons. The lowest BCUT2D eigenvalue weighted by Gasteiger charge is -2.03. The zero-order chi connectivity index (χ0) is 13.9. The minimum atomic E-state index is -0.234. The van der Waals surface area contributed by atoms with Crippen LogP contribution in [0, 0.1) is 0 Å². The Morgan fingerprint density at radius 1 is 1.15 bits per heavy atom. The second-order valence-electron chi connectivity index (χ2n) is 4.37. The lowest BCUT2D eigenvalue weighted by atomic mass is 10.1. The van der Waals surface area contributed by atoms with E-state index in [-0.39, 0.29) is 10.8 Å². The molecule has 2 aromatic heterocycles. The van der Waals surface area contributed by atoms with Crippen LogP contribution in [0.1, 0.15) is 10.4 Å². The van der Waals surface area contributed by atoms with Crippen molar-refractivity contribution in [2.75, 3.05) is 0 Å². The number of H-pyrrole nitrogens is 1. The molecule has 0 amide bonds. The molecule has 2 heterocycles.